The van der Waals surface area contributed by atoms with E-state index in [9.17, 15) is 4.79 Å². The van der Waals surface area contributed by atoms with Crippen LogP contribution in [0, 0.1) is 0 Å². The third-order valence-corrected chi connectivity index (χ3v) is 3.73. The highest BCUT2D eigenvalue weighted by molar-refractivity contribution is 5.91. The summed E-state index contributed by atoms with van der Waals surface area (Å²) in [6.07, 6.45) is 5.32. The number of fused-ring (bicyclic) bond motifs is 3. The number of ether oxygens (including phenoxy) is 1. The molecule has 4 heteroatoms. The predicted molar refractivity (Wildman–Crippen MR) is 78.1 cm³/mol. The number of benzene rings is 1. The average molecular weight is 273 g/mol. The number of hydrogen-bond acceptors (Lipinski definition) is 3. The molecule has 0 fully saturated rings. The second-order valence-electron chi connectivity index (χ2n) is 5.12. The molecule has 1 aliphatic rings. The summed E-state index contributed by atoms with van der Waals surface area (Å²) in [6, 6.07) is 5.76. The lowest BCUT2D eigenvalue weighted by molar-refractivity contribution is 0.168. The largest absolute Gasteiger partial charge is 0.461 e. The molecule has 1 amide bonds. The van der Waals surface area contributed by atoms with Gasteiger partial charge in [-0.2, -0.15) is 0 Å². The van der Waals surface area contributed by atoms with Gasteiger partial charge in [0, 0.05) is 23.1 Å². The van der Waals surface area contributed by atoms with E-state index in [2.05, 4.69) is 5.32 Å². The molecular weight excluding hydrogens is 254 g/mol. The van der Waals surface area contributed by atoms with Gasteiger partial charge >= 0.3 is 6.09 Å². The maximum Gasteiger partial charge on any atom is 0.411 e. The highest BCUT2D eigenvalue weighted by atomic mass is 16.5. The summed E-state index contributed by atoms with van der Waals surface area (Å²) >= 11 is 0. The van der Waals surface area contributed by atoms with Crippen LogP contribution in [0.1, 0.15) is 37.5 Å². The quantitative estimate of drug-likeness (QED) is 0.831. The second kappa shape index (κ2) is 5.57. The van der Waals surface area contributed by atoms with Gasteiger partial charge in [0.25, 0.3) is 0 Å². The van der Waals surface area contributed by atoms with Crippen molar-refractivity contribution in [3.63, 3.8) is 0 Å². The second-order valence-corrected chi connectivity index (χ2v) is 5.12. The predicted octanol–water partition coefficient (Wildman–Crippen LogP) is 4.27. The Kier molecular flexibility index (Phi) is 3.63. The van der Waals surface area contributed by atoms with Crippen molar-refractivity contribution < 1.29 is 13.9 Å². The molecular formula is C16H19NO3. The molecule has 0 radical (unpaired) electrons. The van der Waals surface area contributed by atoms with Gasteiger partial charge in [-0.25, -0.2) is 4.79 Å². The van der Waals surface area contributed by atoms with Gasteiger partial charge in [0.15, 0.2) is 0 Å². The van der Waals surface area contributed by atoms with Crippen LogP contribution in [0.4, 0.5) is 10.5 Å². The molecule has 1 aliphatic carbocycles. The number of amides is 1. The minimum absolute atomic E-state index is 0.370. The van der Waals surface area contributed by atoms with Crippen LogP contribution in [-0.4, -0.2) is 12.7 Å². The van der Waals surface area contributed by atoms with Gasteiger partial charge < -0.3 is 9.15 Å². The van der Waals surface area contributed by atoms with E-state index in [-0.39, 0.29) is 0 Å². The van der Waals surface area contributed by atoms with Gasteiger partial charge in [-0.3, -0.25) is 5.32 Å². The van der Waals surface area contributed by atoms with Crippen LogP contribution in [0.2, 0.25) is 0 Å². The van der Waals surface area contributed by atoms with Crippen LogP contribution in [0.15, 0.2) is 22.6 Å². The van der Waals surface area contributed by atoms with Crippen LogP contribution < -0.4 is 5.32 Å². The Morgan fingerprint density at radius 1 is 1.30 bits per heavy atom. The van der Waals surface area contributed by atoms with E-state index in [1.54, 1.807) is 6.92 Å². The van der Waals surface area contributed by atoms with Crippen molar-refractivity contribution in [3.05, 3.63) is 29.5 Å². The van der Waals surface area contributed by atoms with Crippen molar-refractivity contribution in [3.8, 4) is 0 Å². The van der Waals surface area contributed by atoms with E-state index < -0.39 is 6.09 Å². The number of carbonyl (C=O) groups is 1. The molecule has 0 spiro atoms. The minimum atomic E-state index is -0.415. The Hall–Kier alpha value is -1.97. The first-order valence-electron chi connectivity index (χ1n) is 7.26. The zero-order valence-electron chi connectivity index (χ0n) is 11.7. The third kappa shape index (κ3) is 2.50. The van der Waals surface area contributed by atoms with Crippen molar-refractivity contribution in [1.29, 1.82) is 0 Å². The fraction of sp³-hybridized carbons (Fsp3) is 0.438. The van der Waals surface area contributed by atoms with Crippen LogP contribution in [0.3, 0.4) is 0 Å². The van der Waals surface area contributed by atoms with Gasteiger partial charge in [-0.1, -0.05) is 6.42 Å². The molecule has 1 aromatic carbocycles. The van der Waals surface area contributed by atoms with Gasteiger partial charge in [-0.05, 0) is 44.4 Å². The topological polar surface area (TPSA) is 51.5 Å². The Balaban J connectivity index is 1.93. The minimum Gasteiger partial charge on any atom is -0.461 e. The molecule has 0 bridgehead atoms. The third-order valence-electron chi connectivity index (χ3n) is 3.73. The number of aryl methyl sites for hydroxylation is 2. The molecule has 106 valence electrons. The highest BCUT2D eigenvalue weighted by Crippen LogP contribution is 2.32. The average Bonchev–Trinajstić information content (AvgIpc) is 2.61. The zero-order chi connectivity index (χ0) is 13.9. The fourth-order valence-corrected chi connectivity index (χ4v) is 2.80. The Morgan fingerprint density at radius 3 is 3.00 bits per heavy atom. The number of hydrogen-bond donors (Lipinski definition) is 1. The Bertz CT molecular complexity index is 630. The summed E-state index contributed by atoms with van der Waals surface area (Å²) in [5, 5.41) is 3.87. The summed E-state index contributed by atoms with van der Waals surface area (Å²) in [5.74, 6) is 1.12. The lowest BCUT2D eigenvalue weighted by atomic mass is 10.1. The number of carbonyl (C=O) groups excluding carboxylic acids is 1. The lowest BCUT2D eigenvalue weighted by Gasteiger charge is -2.05. The van der Waals surface area contributed by atoms with Gasteiger partial charge in [0.2, 0.25) is 0 Å². The molecule has 0 aliphatic heterocycles. The molecule has 1 aromatic heterocycles. The van der Waals surface area contributed by atoms with Crippen LogP contribution in [0.5, 0.6) is 0 Å². The summed E-state index contributed by atoms with van der Waals surface area (Å²) in [5.41, 5.74) is 2.97. The molecule has 0 atom stereocenters. The molecule has 1 heterocycles. The molecule has 1 N–H and O–H groups in total. The summed E-state index contributed by atoms with van der Waals surface area (Å²) in [4.78, 5) is 11.5. The molecule has 0 saturated heterocycles. The number of rotatable bonds is 2. The van der Waals surface area contributed by atoms with E-state index in [4.69, 9.17) is 9.15 Å². The van der Waals surface area contributed by atoms with Crippen LogP contribution in [-0.2, 0) is 17.6 Å². The van der Waals surface area contributed by atoms with Crippen molar-refractivity contribution >= 4 is 22.7 Å². The highest BCUT2D eigenvalue weighted by Gasteiger charge is 2.17. The first-order chi connectivity index (χ1) is 9.78. The van der Waals surface area contributed by atoms with E-state index in [0.29, 0.717) is 6.61 Å². The normalized spacial score (nSPS) is 14.7. The van der Waals surface area contributed by atoms with E-state index in [1.807, 2.05) is 18.2 Å². The smallest absolute Gasteiger partial charge is 0.411 e. The molecule has 3 rings (SSSR count). The SMILES string of the molecule is CCOC(=O)Nc1ccc2oc3c(c2c1)CCCCC3. The Morgan fingerprint density at radius 2 is 2.15 bits per heavy atom. The van der Waals surface area contributed by atoms with E-state index >= 15 is 0 Å². The van der Waals surface area contributed by atoms with Gasteiger partial charge in [0.05, 0.1) is 6.61 Å². The lowest BCUT2D eigenvalue weighted by Crippen LogP contribution is -2.13. The summed E-state index contributed by atoms with van der Waals surface area (Å²) in [7, 11) is 0. The standard InChI is InChI=1S/C16H19NO3/c1-2-19-16(18)17-11-8-9-15-13(10-11)12-6-4-3-5-7-14(12)20-15/h8-10H,2-7H2,1H3,(H,17,18). The van der Waals surface area contributed by atoms with Crippen molar-refractivity contribution in [2.45, 2.75) is 39.0 Å². The van der Waals surface area contributed by atoms with Gasteiger partial charge in [0.1, 0.15) is 11.3 Å². The summed E-state index contributed by atoms with van der Waals surface area (Å²) in [6.45, 7) is 2.16. The Labute approximate surface area is 118 Å². The number of anilines is 1. The molecule has 0 saturated carbocycles. The van der Waals surface area contributed by atoms with E-state index in [1.165, 1.54) is 24.8 Å². The number of furan rings is 1. The van der Waals surface area contributed by atoms with Gasteiger partial charge in [-0.15, -0.1) is 0 Å². The zero-order valence-corrected chi connectivity index (χ0v) is 11.7. The first-order valence-corrected chi connectivity index (χ1v) is 7.26. The first kappa shape index (κ1) is 13.0. The number of nitrogens with one attached hydrogen (secondary N) is 1. The van der Waals surface area contributed by atoms with Crippen molar-refractivity contribution in [1.82, 2.24) is 0 Å². The molecule has 0 unspecified atom stereocenters. The maximum atomic E-state index is 11.5. The fourth-order valence-electron chi connectivity index (χ4n) is 2.80. The molecule has 2 aromatic rings. The van der Waals surface area contributed by atoms with Crippen LogP contribution in [0.25, 0.3) is 11.0 Å². The maximum absolute atomic E-state index is 11.5. The molecule has 4 nitrogen and oxygen atoms in total. The van der Waals surface area contributed by atoms with Crippen molar-refractivity contribution in [2.24, 2.45) is 0 Å². The monoisotopic (exact) mass is 273 g/mol. The van der Waals surface area contributed by atoms with Crippen molar-refractivity contribution in [2.75, 3.05) is 11.9 Å². The van der Waals surface area contributed by atoms with Crippen LogP contribution >= 0.6 is 0 Å². The summed E-state index contributed by atoms with van der Waals surface area (Å²) < 4.78 is 10.8. The molecule has 20 heavy (non-hydrogen) atoms. The van der Waals surface area contributed by atoms with E-state index in [0.717, 1.165) is 35.3 Å².